The Kier molecular flexibility index (Phi) is 8.39. The summed E-state index contributed by atoms with van der Waals surface area (Å²) in [6, 6.07) is 15.2. The highest BCUT2D eigenvalue weighted by atomic mass is 35.5. The van der Waals surface area contributed by atoms with E-state index in [0.717, 1.165) is 10.9 Å². The van der Waals surface area contributed by atoms with Crippen LogP contribution in [-0.4, -0.2) is 34.2 Å². The molecule has 0 atom stereocenters. The number of H-pyrrole nitrogens is 1. The third-order valence-electron chi connectivity index (χ3n) is 4.22. The van der Waals surface area contributed by atoms with Gasteiger partial charge in [0.2, 0.25) is 0 Å². The molecule has 11 heteroatoms. The second-order valence-corrected chi connectivity index (χ2v) is 6.34. The minimum absolute atomic E-state index is 0. The molecule has 0 unspecified atom stereocenters. The first-order valence-electron chi connectivity index (χ1n) is 9.08. The summed E-state index contributed by atoms with van der Waals surface area (Å²) in [5.41, 5.74) is 2.34. The van der Waals surface area contributed by atoms with Gasteiger partial charge in [0.15, 0.2) is 0 Å². The number of nitrogens with one attached hydrogen (secondary N) is 4. The normalized spacial score (nSPS) is 9.78. The second kappa shape index (κ2) is 11.0. The van der Waals surface area contributed by atoms with Crippen molar-refractivity contribution in [3.8, 4) is 11.5 Å². The molecule has 2 aromatic heterocycles. The van der Waals surface area contributed by atoms with Gasteiger partial charge in [0.25, 0.3) is 5.91 Å². The van der Waals surface area contributed by atoms with E-state index in [-0.39, 0.29) is 42.4 Å². The number of nitrogens with zero attached hydrogens (tertiary/aromatic N) is 2. The minimum Gasteiger partial charge on any atom is -0.457 e. The SMILES string of the molecule is CNC(=O)c1cc(Oc2cccc(NC(=O)Nc3ccc4[nH]ncc4c3)c2)ccn1.Cl.Cl. The van der Waals surface area contributed by atoms with E-state index in [1.54, 1.807) is 42.6 Å². The van der Waals surface area contributed by atoms with E-state index in [1.165, 1.54) is 19.3 Å². The van der Waals surface area contributed by atoms with Crippen molar-refractivity contribution in [2.24, 2.45) is 0 Å². The lowest BCUT2D eigenvalue weighted by Crippen LogP contribution is -2.19. The first-order chi connectivity index (χ1) is 14.6. The molecule has 0 aliphatic heterocycles. The number of hydrogen-bond acceptors (Lipinski definition) is 5. The smallest absolute Gasteiger partial charge is 0.323 e. The Labute approximate surface area is 195 Å². The van der Waals surface area contributed by atoms with Gasteiger partial charge in [-0.3, -0.25) is 14.9 Å². The molecule has 0 fully saturated rings. The molecule has 2 aromatic carbocycles. The van der Waals surface area contributed by atoms with Crippen molar-refractivity contribution >= 4 is 59.0 Å². The minimum atomic E-state index is -0.388. The van der Waals surface area contributed by atoms with Crippen LogP contribution in [0.2, 0.25) is 0 Å². The molecule has 0 aliphatic rings. The molecule has 0 radical (unpaired) electrons. The zero-order valence-electron chi connectivity index (χ0n) is 16.8. The topological polar surface area (TPSA) is 121 Å². The highest BCUT2D eigenvalue weighted by molar-refractivity contribution is 6.01. The van der Waals surface area contributed by atoms with E-state index in [4.69, 9.17) is 4.74 Å². The molecule has 0 bridgehead atoms. The van der Waals surface area contributed by atoms with Gasteiger partial charge in [0.05, 0.1) is 11.7 Å². The van der Waals surface area contributed by atoms with Gasteiger partial charge in [-0.25, -0.2) is 4.79 Å². The van der Waals surface area contributed by atoms with Crippen LogP contribution in [0.5, 0.6) is 11.5 Å². The number of aromatic nitrogens is 3. The van der Waals surface area contributed by atoms with Crippen LogP contribution in [0.4, 0.5) is 16.2 Å². The summed E-state index contributed by atoms with van der Waals surface area (Å²) < 4.78 is 5.79. The third-order valence-corrected chi connectivity index (χ3v) is 4.22. The molecule has 0 spiro atoms. The van der Waals surface area contributed by atoms with Crippen molar-refractivity contribution < 1.29 is 14.3 Å². The fraction of sp³-hybridized carbons (Fsp3) is 0.0476. The highest BCUT2D eigenvalue weighted by Gasteiger charge is 2.08. The Bertz CT molecular complexity index is 1230. The van der Waals surface area contributed by atoms with Gasteiger partial charge in [-0.2, -0.15) is 5.10 Å². The van der Waals surface area contributed by atoms with Gasteiger partial charge in [-0.15, -0.1) is 24.8 Å². The molecule has 166 valence electrons. The van der Waals surface area contributed by atoms with Crippen LogP contribution in [0.15, 0.2) is 67.0 Å². The van der Waals surface area contributed by atoms with Crippen LogP contribution in [0.3, 0.4) is 0 Å². The van der Waals surface area contributed by atoms with Gasteiger partial charge in [-0.05, 0) is 36.4 Å². The van der Waals surface area contributed by atoms with E-state index < -0.39 is 0 Å². The predicted octanol–water partition coefficient (Wildman–Crippen LogP) is 4.60. The lowest BCUT2D eigenvalue weighted by Gasteiger charge is -2.10. The summed E-state index contributed by atoms with van der Waals surface area (Å²) in [5.74, 6) is 0.654. The summed E-state index contributed by atoms with van der Waals surface area (Å²) in [6.07, 6.45) is 3.18. The summed E-state index contributed by atoms with van der Waals surface area (Å²) >= 11 is 0. The Balaban J connectivity index is 0.00000181. The maximum Gasteiger partial charge on any atom is 0.323 e. The van der Waals surface area contributed by atoms with Gasteiger partial charge < -0.3 is 20.7 Å². The molecule has 2 heterocycles. The molecule has 32 heavy (non-hydrogen) atoms. The third kappa shape index (κ3) is 5.87. The largest absolute Gasteiger partial charge is 0.457 e. The van der Waals surface area contributed by atoms with Gasteiger partial charge in [0, 0.05) is 42.1 Å². The number of fused-ring (bicyclic) bond motifs is 1. The Hall–Kier alpha value is -3.82. The Morgan fingerprint density at radius 1 is 0.938 bits per heavy atom. The summed E-state index contributed by atoms with van der Waals surface area (Å²) in [4.78, 5) is 28.1. The molecule has 4 rings (SSSR count). The fourth-order valence-corrected chi connectivity index (χ4v) is 2.81. The maximum atomic E-state index is 12.3. The number of carbonyl (C=O) groups excluding carboxylic acids is 2. The molecule has 0 aliphatic carbocycles. The number of amides is 3. The van der Waals surface area contributed by atoms with Crippen LogP contribution < -0.4 is 20.7 Å². The van der Waals surface area contributed by atoms with E-state index in [2.05, 4.69) is 31.1 Å². The number of carbonyl (C=O) groups is 2. The molecule has 9 nitrogen and oxygen atoms in total. The monoisotopic (exact) mass is 474 g/mol. The molecule has 3 amide bonds. The van der Waals surface area contributed by atoms with Gasteiger partial charge in [0.1, 0.15) is 17.2 Å². The molecule has 4 aromatic rings. The number of benzene rings is 2. The number of pyridine rings is 1. The summed E-state index contributed by atoms with van der Waals surface area (Å²) in [7, 11) is 1.53. The van der Waals surface area contributed by atoms with Crippen molar-refractivity contribution in [1.29, 1.82) is 0 Å². The number of ether oxygens (including phenoxy) is 1. The van der Waals surface area contributed by atoms with Crippen molar-refractivity contribution in [3.63, 3.8) is 0 Å². The number of halogens is 2. The molecule has 4 N–H and O–H groups in total. The predicted molar refractivity (Wildman–Crippen MR) is 127 cm³/mol. The first-order valence-corrected chi connectivity index (χ1v) is 9.08. The van der Waals surface area contributed by atoms with Crippen LogP contribution in [0, 0.1) is 0 Å². The number of aromatic amines is 1. The number of anilines is 2. The molecule has 0 saturated heterocycles. The average molecular weight is 475 g/mol. The van der Waals surface area contributed by atoms with Crippen molar-refractivity contribution in [3.05, 3.63) is 72.7 Å². The Morgan fingerprint density at radius 2 is 1.69 bits per heavy atom. The van der Waals surface area contributed by atoms with E-state index in [0.29, 0.717) is 22.9 Å². The number of hydrogen-bond donors (Lipinski definition) is 4. The van der Waals surface area contributed by atoms with Crippen LogP contribution in [0.1, 0.15) is 10.5 Å². The quantitative estimate of drug-likeness (QED) is 0.336. The first kappa shape index (κ1) is 24.4. The lowest BCUT2D eigenvalue weighted by molar-refractivity contribution is 0.0958. The average Bonchev–Trinajstić information content (AvgIpc) is 3.21. The van der Waals surface area contributed by atoms with Gasteiger partial charge in [-0.1, -0.05) is 6.07 Å². The van der Waals surface area contributed by atoms with Crippen LogP contribution >= 0.6 is 24.8 Å². The second-order valence-electron chi connectivity index (χ2n) is 6.34. The van der Waals surface area contributed by atoms with E-state index in [1.807, 2.05) is 12.1 Å². The van der Waals surface area contributed by atoms with Crippen molar-refractivity contribution in [2.75, 3.05) is 17.7 Å². The highest BCUT2D eigenvalue weighted by Crippen LogP contribution is 2.24. The zero-order chi connectivity index (χ0) is 20.9. The van der Waals surface area contributed by atoms with Crippen LogP contribution in [-0.2, 0) is 0 Å². The van der Waals surface area contributed by atoms with Gasteiger partial charge >= 0.3 is 6.03 Å². The van der Waals surface area contributed by atoms with Crippen molar-refractivity contribution in [1.82, 2.24) is 20.5 Å². The number of urea groups is 1. The molecular formula is C21H20Cl2N6O3. The number of rotatable bonds is 5. The lowest BCUT2D eigenvalue weighted by atomic mass is 10.2. The summed E-state index contributed by atoms with van der Waals surface area (Å²) in [5, 5.41) is 15.8. The Morgan fingerprint density at radius 3 is 2.47 bits per heavy atom. The van der Waals surface area contributed by atoms with Crippen LogP contribution in [0.25, 0.3) is 10.9 Å². The van der Waals surface area contributed by atoms with E-state index >= 15 is 0 Å². The van der Waals surface area contributed by atoms with E-state index in [9.17, 15) is 9.59 Å². The molecular weight excluding hydrogens is 455 g/mol. The maximum absolute atomic E-state index is 12.3. The standard InChI is InChI=1S/C21H18N6O3.2ClH/c1-22-20(28)19-11-17(7-8-23-19)30-16-4-2-3-14(10-16)25-21(29)26-15-5-6-18-13(9-15)12-24-27-18;;/h2-12H,1H3,(H,22,28)(H,24,27)(H2,25,26,29);2*1H. The fourth-order valence-electron chi connectivity index (χ4n) is 2.81. The zero-order valence-corrected chi connectivity index (χ0v) is 18.4. The molecule has 0 saturated carbocycles. The summed E-state index contributed by atoms with van der Waals surface area (Å²) in [6.45, 7) is 0. The van der Waals surface area contributed by atoms with Crippen molar-refractivity contribution in [2.45, 2.75) is 0 Å².